The molecule has 0 fully saturated rings. The zero-order valence-electron chi connectivity index (χ0n) is 19.6. The predicted octanol–water partition coefficient (Wildman–Crippen LogP) is 6.45. The summed E-state index contributed by atoms with van der Waals surface area (Å²) in [7, 11) is 0. The number of benzene rings is 3. The number of fused-ring (bicyclic) bond motifs is 1. The van der Waals surface area contributed by atoms with E-state index in [4.69, 9.17) is 9.47 Å². The molecule has 0 saturated carbocycles. The zero-order chi connectivity index (χ0) is 23.8. The van der Waals surface area contributed by atoms with Crippen LogP contribution in [0.3, 0.4) is 0 Å². The summed E-state index contributed by atoms with van der Waals surface area (Å²) in [5.41, 5.74) is 2.32. The predicted molar refractivity (Wildman–Crippen MR) is 136 cm³/mol. The van der Waals surface area contributed by atoms with Crippen LogP contribution in [0.4, 0.5) is 0 Å². The Kier molecular flexibility index (Phi) is 7.87. The van der Waals surface area contributed by atoms with Gasteiger partial charge < -0.3 is 19.1 Å². The average Bonchev–Trinajstić information content (AvgIpc) is 2.88. The molecule has 176 valence electrons. The van der Waals surface area contributed by atoms with Gasteiger partial charge in [0.2, 0.25) is 5.75 Å². The summed E-state index contributed by atoms with van der Waals surface area (Å²) in [5, 5.41) is 11.5. The summed E-state index contributed by atoms with van der Waals surface area (Å²) >= 11 is 0. The van der Waals surface area contributed by atoms with E-state index in [1.54, 1.807) is 10.6 Å². The molecule has 34 heavy (non-hydrogen) atoms. The minimum atomic E-state index is -0.322. The van der Waals surface area contributed by atoms with Crippen molar-refractivity contribution in [2.24, 2.45) is 0 Å². The Labute approximate surface area is 200 Å². The van der Waals surface area contributed by atoms with Crippen molar-refractivity contribution in [3.8, 4) is 17.2 Å². The van der Waals surface area contributed by atoms with Crippen molar-refractivity contribution >= 4 is 10.9 Å². The molecule has 1 N–H and O–H groups in total. The molecule has 0 bridgehead atoms. The number of ether oxygens (including phenoxy) is 2. The first-order valence-electron chi connectivity index (χ1n) is 11.9. The van der Waals surface area contributed by atoms with E-state index in [2.05, 4.69) is 6.92 Å². The molecular weight excluding hydrogens is 426 g/mol. The molecule has 0 aliphatic heterocycles. The Morgan fingerprint density at radius 1 is 0.794 bits per heavy atom. The number of hydrogen-bond donors (Lipinski definition) is 1. The van der Waals surface area contributed by atoms with E-state index in [0.29, 0.717) is 29.8 Å². The molecule has 0 saturated heterocycles. The van der Waals surface area contributed by atoms with Crippen LogP contribution in [0.5, 0.6) is 17.2 Å². The highest BCUT2D eigenvalue weighted by molar-refractivity contribution is 5.88. The fourth-order valence-corrected chi connectivity index (χ4v) is 4.00. The van der Waals surface area contributed by atoms with Gasteiger partial charge in [0.05, 0.1) is 5.52 Å². The van der Waals surface area contributed by atoms with Gasteiger partial charge in [-0.1, -0.05) is 86.8 Å². The number of aromatic nitrogens is 1. The summed E-state index contributed by atoms with van der Waals surface area (Å²) in [6.07, 6.45) is 4.15. The number of aryl methyl sites for hydroxylation is 1. The van der Waals surface area contributed by atoms with E-state index >= 15 is 0 Å². The Morgan fingerprint density at radius 2 is 1.44 bits per heavy atom. The highest BCUT2D eigenvalue weighted by atomic mass is 16.5. The minimum absolute atomic E-state index is 0.00945. The summed E-state index contributed by atoms with van der Waals surface area (Å²) in [5.74, 6) is 0.510. The maximum Gasteiger partial charge on any atom is 0.297 e. The Morgan fingerprint density at radius 3 is 2.09 bits per heavy atom. The van der Waals surface area contributed by atoms with Gasteiger partial charge >= 0.3 is 0 Å². The summed E-state index contributed by atoms with van der Waals surface area (Å²) in [6.45, 7) is 3.36. The highest BCUT2D eigenvalue weighted by Crippen LogP contribution is 2.34. The molecule has 0 atom stereocenters. The molecular formula is C29H31NO4. The Balaban J connectivity index is 1.66. The van der Waals surface area contributed by atoms with E-state index < -0.39 is 0 Å². The minimum Gasteiger partial charge on any atom is -0.504 e. The van der Waals surface area contributed by atoms with Crippen LogP contribution < -0.4 is 15.0 Å². The molecule has 4 aromatic rings. The summed E-state index contributed by atoms with van der Waals surface area (Å²) < 4.78 is 13.5. The van der Waals surface area contributed by atoms with Crippen molar-refractivity contribution in [3.05, 3.63) is 100 Å². The van der Waals surface area contributed by atoms with Crippen LogP contribution in [0.1, 0.15) is 43.7 Å². The van der Waals surface area contributed by atoms with Crippen LogP contribution in [-0.4, -0.2) is 9.67 Å². The van der Waals surface area contributed by atoms with E-state index in [-0.39, 0.29) is 23.7 Å². The molecule has 0 spiro atoms. The number of nitrogens with zero attached hydrogens (tertiary/aromatic N) is 1. The summed E-state index contributed by atoms with van der Waals surface area (Å²) in [6, 6.07) is 25.0. The van der Waals surface area contributed by atoms with Crippen molar-refractivity contribution in [1.29, 1.82) is 0 Å². The highest BCUT2D eigenvalue weighted by Gasteiger charge is 2.18. The third kappa shape index (κ3) is 5.60. The molecule has 5 nitrogen and oxygen atoms in total. The van der Waals surface area contributed by atoms with Crippen LogP contribution in [-0.2, 0) is 19.8 Å². The van der Waals surface area contributed by atoms with Crippen molar-refractivity contribution in [1.82, 2.24) is 4.57 Å². The van der Waals surface area contributed by atoms with Crippen molar-refractivity contribution < 1.29 is 14.6 Å². The van der Waals surface area contributed by atoms with Crippen molar-refractivity contribution in [2.75, 3.05) is 0 Å². The average molecular weight is 458 g/mol. The molecule has 0 aliphatic rings. The third-order valence-corrected chi connectivity index (χ3v) is 5.88. The molecule has 1 heterocycles. The maximum atomic E-state index is 13.4. The normalized spacial score (nSPS) is 11.0. The fourth-order valence-electron chi connectivity index (χ4n) is 4.00. The number of hydrogen-bond acceptors (Lipinski definition) is 4. The van der Waals surface area contributed by atoms with E-state index in [1.807, 2.05) is 72.8 Å². The van der Waals surface area contributed by atoms with Crippen LogP contribution in [0.15, 0.2) is 83.7 Å². The molecule has 3 aromatic carbocycles. The summed E-state index contributed by atoms with van der Waals surface area (Å²) in [4.78, 5) is 13.4. The SMILES string of the molecule is CCCCCCn1c(=O)c(OCc2ccccc2)c(O)c2ccc(OCc3ccccc3)cc21. The monoisotopic (exact) mass is 457 g/mol. The Bertz CT molecular complexity index is 1270. The van der Waals surface area contributed by atoms with Gasteiger partial charge in [-0.15, -0.1) is 0 Å². The molecule has 0 radical (unpaired) electrons. The lowest BCUT2D eigenvalue weighted by molar-refractivity contribution is 0.283. The van der Waals surface area contributed by atoms with E-state index in [1.165, 1.54) is 0 Å². The molecule has 5 heteroatoms. The Hall–Kier alpha value is -3.73. The molecule has 4 rings (SSSR count). The maximum absolute atomic E-state index is 13.4. The number of aromatic hydroxyl groups is 1. The van der Waals surface area contributed by atoms with Crippen molar-refractivity contribution in [2.45, 2.75) is 52.4 Å². The van der Waals surface area contributed by atoms with Gasteiger partial charge in [0.15, 0.2) is 5.75 Å². The molecule has 0 unspecified atom stereocenters. The number of unbranched alkanes of at least 4 members (excludes halogenated alkanes) is 3. The van der Waals surface area contributed by atoms with Gasteiger partial charge in [0.25, 0.3) is 5.56 Å². The van der Waals surface area contributed by atoms with Crippen LogP contribution in [0, 0.1) is 0 Å². The first kappa shape index (κ1) is 23.4. The number of rotatable bonds is 11. The number of pyridine rings is 1. The lowest BCUT2D eigenvalue weighted by atomic mass is 10.1. The van der Waals surface area contributed by atoms with E-state index in [0.717, 1.165) is 36.8 Å². The van der Waals surface area contributed by atoms with Gasteiger partial charge in [0, 0.05) is 18.0 Å². The standard InChI is InChI=1S/C29H31NO4/c1-2-3-4-11-18-30-26-19-24(33-20-22-12-7-5-8-13-22)16-17-25(26)27(31)28(29(30)32)34-21-23-14-9-6-10-15-23/h5-10,12-17,19,31H,2-4,11,18,20-21H2,1H3. The van der Waals surface area contributed by atoms with Gasteiger partial charge in [-0.3, -0.25) is 4.79 Å². The quantitative estimate of drug-likeness (QED) is 0.263. The van der Waals surface area contributed by atoms with Crippen LogP contribution in [0.2, 0.25) is 0 Å². The molecule has 1 aromatic heterocycles. The van der Waals surface area contributed by atoms with Crippen LogP contribution >= 0.6 is 0 Å². The topological polar surface area (TPSA) is 60.7 Å². The lowest BCUT2D eigenvalue weighted by Gasteiger charge is -2.17. The molecule has 0 amide bonds. The second-order valence-electron chi connectivity index (χ2n) is 8.42. The first-order valence-corrected chi connectivity index (χ1v) is 11.9. The van der Waals surface area contributed by atoms with Gasteiger partial charge in [0.1, 0.15) is 19.0 Å². The smallest absolute Gasteiger partial charge is 0.297 e. The molecule has 0 aliphatic carbocycles. The van der Waals surface area contributed by atoms with Crippen LogP contribution in [0.25, 0.3) is 10.9 Å². The van der Waals surface area contributed by atoms with Crippen molar-refractivity contribution in [3.63, 3.8) is 0 Å². The van der Waals surface area contributed by atoms with Gasteiger partial charge in [-0.25, -0.2) is 0 Å². The van der Waals surface area contributed by atoms with E-state index in [9.17, 15) is 9.90 Å². The third-order valence-electron chi connectivity index (χ3n) is 5.88. The second-order valence-corrected chi connectivity index (χ2v) is 8.42. The first-order chi connectivity index (χ1) is 16.7. The lowest BCUT2D eigenvalue weighted by Crippen LogP contribution is -2.23. The largest absolute Gasteiger partial charge is 0.504 e. The van der Waals surface area contributed by atoms with Gasteiger partial charge in [-0.2, -0.15) is 0 Å². The zero-order valence-corrected chi connectivity index (χ0v) is 19.6. The fraction of sp³-hybridized carbons (Fsp3) is 0.276. The second kappa shape index (κ2) is 11.4. The van der Waals surface area contributed by atoms with Gasteiger partial charge in [-0.05, 0) is 29.7 Å².